The van der Waals surface area contributed by atoms with Crippen LogP contribution in [-0.4, -0.2) is 18.2 Å². The van der Waals surface area contributed by atoms with Crippen LogP contribution < -0.4 is 4.74 Å². The Morgan fingerprint density at radius 1 is 1.62 bits per heavy atom. The van der Waals surface area contributed by atoms with E-state index in [4.69, 9.17) is 15.1 Å². The van der Waals surface area contributed by atoms with Crippen molar-refractivity contribution in [1.82, 2.24) is 0 Å². The van der Waals surface area contributed by atoms with Crippen LogP contribution in [0.2, 0.25) is 0 Å². The highest BCUT2D eigenvalue weighted by molar-refractivity contribution is 9.10. The van der Waals surface area contributed by atoms with Crippen LogP contribution in [-0.2, 0) is 10.2 Å². The topological polar surface area (TPSA) is 70.3 Å². The normalized spacial score (nSPS) is 13.6. The van der Waals surface area contributed by atoms with E-state index in [1.54, 1.807) is 24.3 Å². The third kappa shape index (κ3) is 2.02. The SMILES string of the molecule is COc1ccc(Br)cc1C(C)(C#N)C(=O)O. The lowest BCUT2D eigenvalue weighted by molar-refractivity contribution is -0.141. The zero-order valence-corrected chi connectivity index (χ0v) is 10.4. The van der Waals surface area contributed by atoms with Gasteiger partial charge >= 0.3 is 5.97 Å². The van der Waals surface area contributed by atoms with Crippen LogP contribution in [0.3, 0.4) is 0 Å². The van der Waals surface area contributed by atoms with Crippen molar-refractivity contribution in [2.24, 2.45) is 0 Å². The van der Waals surface area contributed by atoms with Gasteiger partial charge in [0.2, 0.25) is 0 Å². The molecule has 0 heterocycles. The van der Waals surface area contributed by atoms with E-state index in [0.29, 0.717) is 15.8 Å². The highest BCUT2D eigenvalue weighted by Crippen LogP contribution is 2.34. The molecule has 0 saturated heterocycles. The average Bonchev–Trinajstić information content (AvgIpc) is 2.27. The van der Waals surface area contributed by atoms with Gasteiger partial charge in [-0.3, -0.25) is 4.79 Å². The second-order valence-electron chi connectivity index (χ2n) is 3.39. The number of carboxylic acids is 1. The van der Waals surface area contributed by atoms with Gasteiger partial charge in [0.25, 0.3) is 0 Å². The predicted octanol–water partition coefficient (Wildman–Crippen LogP) is 2.32. The molecule has 1 rings (SSSR count). The summed E-state index contributed by atoms with van der Waals surface area (Å²) in [6, 6.07) is 6.72. The van der Waals surface area contributed by atoms with E-state index in [1.807, 2.05) is 0 Å². The number of halogens is 1. The number of hydrogen-bond donors (Lipinski definition) is 1. The van der Waals surface area contributed by atoms with Gasteiger partial charge < -0.3 is 9.84 Å². The molecule has 1 atom stereocenters. The number of carbonyl (C=O) groups is 1. The molecule has 84 valence electrons. The molecule has 0 saturated carbocycles. The fraction of sp³-hybridized carbons (Fsp3) is 0.273. The predicted molar refractivity (Wildman–Crippen MR) is 61.3 cm³/mol. The summed E-state index contributed by atoms with van der Waals surface area (Å²) in [4.78, 5) is 11.1. The summed E-state index contributed by atoms with van der Waals surface area (Å²) in [6.07, 6.45) is 0. The molecule has 1 N–H and O–H groups in total. The third-order valence-electron chi connectivity index (χ3n) is 2.35. The standard InChI is InChI=1S/C11H10BrNO3/c1-11(6-13,10(14)15)8-5-7(12)3-4-9(8)16-2/h3-5H,1-2H3,(H,14,15). The first-order valence-electron chi connectivity index (χ1n) is 4.44. The Morgan fingerprint density at radius 3 is 2.69 bits per heavy atom. The molecule has 0 aliphatic heterocycles. The van der Waals surface area contributed by atoms with Crippen molar-refractivity contribution < 1.29 is 14.6 Å². The molecule has 0 spiro atoms. The largest absolute Gasteiger partial charge is 0.496 e. The number of carboxylic acid groups (broad SMARTS) is 1. The number of aliphatic carboxylic acids is 1. The number of methoxy groups -OCH3 is 1. The Balaban J connectivity index is 3.47. The molecule has 1 unspecified atom stereocenters. The molecule has 0 aromatic heterocycles. The van der Waals surface area contributed by atoms with Crippen LogP contribution in [0.15, 0.2) is 22.7 Å². The fourth-order valence-corrected chi connectivity index (χ4v) is 1.66. The number of benzene rings is 1. The molecular formula is C11H10BrNO3. The van der Waals surface area contributed by atoms with Crippen molar-refractivity contribution >= 4 is 21.9 Å². The lowest BCUT2D eigenvalue weighted by Gasteiger charge is -2.19. The van der Waals surface area contributed by atoms with Gasteiger partial charge in [0, 0.05) is 10.0 Å². The van der Waals surface area contributed by atoms with E-state index in [1.165, 1.54) is 14.0 Å². The maximum atomic E-state index is 11.1. The van der Waals surface area contributed by atoms with Crippen LogP contribution >= 0.6 is 15.9 Å². The summed E-state index contributed by atoms with van der Waals surface area (Å²) in [6.45, 7) is 1.35. The Bertz CT molecular complexity index is 467. The smallest absolute Gasteiger partial charge is 0.328 e. The average molecular weight is 284 g/mol. The van der Waals surface area contributed by atoms with Crippen molar-refractivity contribution in [2.45, 2.75) is 12.3 Å². The van der Waals surface area contributed by atoms with Crippen LogP contribution in [0.4, 0.5) is 0 Å². The molecular weight excluding hydrogens is 274 g/mol. The second kappa shape index (κ2) is 4.54. The van der Waals surface area contributed by atoms with E-state index in [2.05, 4.69) is 15.9 Å². The van der Waals surface area contributed by atoms with Gasteiger partial charge in [-0.15, -0.1) is 0 Å². The number of nitrogens with zero attached hydrogens (tertiary/aromatic N) is 1. The summed E-state index contributed by atoms with van der Waals surface area (Å²) in [5, 5.41) is 18.1. The zero-order chi connectivity index (χ0) is 12.3. The van der Waals surface area contributed by atoms with E-state index in [9.17, 15) is 4.79 Å². The van der Waals surface area contributed by atoms with Gasteiger partial charge in [-0.2, -0.15) is 5.26 Å². The molecule has 5 heteroatoms. The summed E-state index contributed by atoms with van der Waals surface area (Å²) < 4.78 is 5.76. The maximum Gasteiger partial charge on any atom is 0.328 e. The van der Waals surface area contributed by atoms with E-state index < -0.39 is 11.4 Å². The summed E-state index contributed by atoms with van der Waals surface area (Å²) >= 11 is 3.24. The molecule has 1 aromatic carbocycles. The Hall–Kier alpha value is -1.54. The van der Waals surface area contributed by atoms with E-state index >= 15 is 0 Å². The molecule has 0 amide bonds. The highest BCUT2D eigenvalue weighted by Gasteiger charge is 2.38. The van der Waals surface area contributed by atoms with Crippen LogP contribution in [0.5, 0.6) is 5.75 Å². The molecule has 0 aliphatic rings. The Kier molecular flexibility index (Phi) is 3.55. The summed E-state index contributed by atoms with van der Waals surface area (Å²) in [5.41, 5.74) is -1.28. The number of nitriles is 1. The molecule has 0 fully saturated rings. The van der Waals surface area contributed by atoms with Gasteiger partial charge in [-0.05, 0) is 25.1 Å². The van der Waals surface area contributed by atoms with E-state index in [-0.39, 0.29) is 0 Å². The Labute approximate surface area is 102 Å². The van der Waals surface area contributed by atoms with Gasteiger partial charge in [-0.1, -0.05) is 15.9 Å². The van der Waals surface area contributed by atoms with Crippen molar-refractivity contribution in [2.75, 3.05) is 7.11 Å². The van der Waals surface area contributed by atoms with Crippen LogP contribution in [0.1, 0.15) is 12.5 Å². The van der Waals surface area contributed by atoms with Crippen molar-refractivity contribution in [3.05, 3.63) is 28.2 Å². The summed E-state index contributed by atoms with van der Waals surface area (Å²) in [7, 11) is 1.44. The second-order valence-corrected chi connectivity index (χ2v) is 4.30. The van der Waals surface area contributed by atoms with Crippen LogP contribution in [0.25, 0.3) is 0 Å². The fourth-order valence-electron chi connectivity index (χ4n) is 1.29. The van der Waals surface area contributed by atoms with Gasteiger partial charge in [-0.25, -0.2) is 0 Å². The quantitative estimate of drug-likeness (QED) is 0.924. The number of hydrogen-bond acceptors (Lipinski definition) is 3. The minimum atomic E-state index is -1.62. The maximum absolute atomic E-state index is 11.1. The monoisotopic (exact) mass is 283 g/mol. The number of rotatable bonds is 3. The van der Waals surface area contributed by atoms with Gasteiger partial charge in [0.15, 0.2) is 5.41 Å². The lowest BCUT2D eigenvalue weighted by Crippen LogP contribution is -2.31. The zero-order valence-electron chi connectivity index (χ0n) is 8.82. The first kappa shape index (κ1) is 12.5. The van der Waals surface area contributed by atoms with Crippen molar-refractivity contribution in [3.8, 4) is 11.8 Å². The van der Waals surface area contributed by atoms with Crippen molar-refractivity contribution in [3.63, 3.8) is 0 Å². The van der Waals surface area contributed by atoms with E-state index in [0.717, 1.165) is 0 Å². The van der Waals surface area contributed by atoms with Crippen LogP contribution in [0, 0.1) is 11.3 Å². The lowest BCUT2D eigenvalue weighted by atomic mass is 9.83. The molecule has 0 aliphatic carbocycles. The first-order valence-corrected chi connectivity index (χ1v) is 5.23. The Morgan fingerprint density at radius 2 is 2.25 bits per heavy atom. The van der Waals surface area contributed by atoms with Crippen molar-refractivity contribution in [1.29, 1.82) is 5.26 Å². The third-order valence-corrected chi connectivity index (χ3v) is 2.84. The highest BCUT2D eigenvalue weighted by atomic mass is 79.9. The minimum absolute atomic E-state index is 0.333. The first-order chi connectivity index (χ1) is 7.45. The van der Waals surface area contributed by atoms with Gasteiger partial charge in [0.05, 0.1) is 13.2 Å². The number of ether oxygens (including phenoxy) is 1. The molecule has 16 heavy (non-hydrogen) atoms. The molecule has 4 nitrogen and oxygen atoms in total. The van der Waals surface area contributed by atoms with Gasteiger partial charge in [0.1, 0.15) is 5.75 Å². The summed E-state index contributed by atoms with van der Waals surface area (Å²) in [5.74, 6) is -0.818. The minimum Gasteiger partial charge on any atom is -0.496 e. The molecule has 1 aromatic rings. The molecule has 0 radical (unpaired) electrons. The molecule has 0 bridgehead atoms.